The largest absolute Gasteiger partial charge is 0.493 e. The van der Waals surface area contributed by atoms with Gasteiger partial charge in [0.25, 0.3) is 5.91 Å². The normalized spacial score (nSPS) is 11.0. The summed E-state index contributed by atoms with van der Waals surface area (Å²) in [6.07, 6.45) is 0.880. The summed E-state index contributed by atoms with van der Waals surface area (Å²) in [4.78, 5) is 26.2. The molecule has 0 fully saturated rings. The standard InChI is InChI=1S/C18H23NO5/c1-4-9-23-14-6-5-13-10-15(18(22)24-16(13)11-14)17(21)19(7-8-20)12(2)3/h5-6,10-12,20H,4,7-9H2,1-3H3. The summed E-state index contributed by atoms with van der Waals surface area (Å²) >= 11 is 0. The molecule has 130 valence electrons. The number of amides is 1. The first-order chi connectivity index (χ1) is 11.5. The second-order valence-electron chi connectivity index (χ2n) is 5.81. The van der Waals surface area contributed by atoms with Crippen molar-refractivity contribution in [3.8, 4) is 5.75 Å². The van der Waals surface area contributed by atoms with Gasteiger partial charge < -0.3 is 19.2 Å². The quantitative estimate of drug-likeness (QED) is 0.787. The number of hydrogen-bond acceptors (Lipinski definition) is 5. The van der Waals surface area contributed by atoms with Crippen LogP contribution >= 0.6 is 0 Å². The van der Waals surface area contributed by atoms with Crippen molar-refractivity contribution in [2.24, 2.45) is 0 Å². The van der Waals surface area contributed by atoms with Crippen molar-refractivity contribution >= 4 is 16.9 Å². The molecule has 0 radical (unpaired) electrons. The molecule has 2 rings (SSSR count). The highest BCUT2D eigenvalue weighted by Crippen LogP contribution is 2.21. The van der Waals surface area contributed by atoms with Gasteiger partial charge in [0, 0.05) is 24.0 Å². The Hall–Kier alpha value is -2.34. The molecule has 1 aromatic carbocycles. The average Bonchev–Trinajstić information content (AvgIpc) is 2.56. The molecule has 0 aliphatic rings. The van der Waals surface area contributed by atoms with E-state index in [9.17, 15) is 9.59 Å². The summed E-state index contributed by atoms with van der Waals surface area (Å²) in [5.74, 6) is 0.177. The third-order valence-electron chi connectivity index (χ3n) is 3.64. The van der Waals surface area contributed by atoms with Gasteiger partial charge in [0.2, 0.25) is 0 Å². The molecule has 0 saturated carbocycles. The Bertz CT molecular complexity index is 766. The van der Waals surface area contributed by atoms with Crippen LogP contribution < -0.4 is 10.4 Å². The summed E-state index contributed by atoms with van der Waals surface area (Å²) in [6.45, 7) is 6.24. The Kier molecular flexibility index (Phi) is 5.98. The SMILES string of the molecule is CCCOc1ccc2cc(C(=O)N(CCO)C(C)C)c(=O)oc2c1. The van der Waals surface area contributed by atoms with E-state index < -0.39 is 11.5 Å². The number of aliphatic hydroxyl groups is 1. The van der Waals surface area contributed by atoms with Crippen LogP contribution in [0.15, 0.2) is 33.5 Å². The number of ether oxygens (including phenoxy) is 1. The van der Waals surface area contributed by atoms with Crippen molar-refractivity contribution in [3.05, 3.63) is 40.2 Å². The predicted molar refractivity (Wildman–Crippen MR) is 91.5 cm³/mol. The Labute approximate surface area is 140 Å². The van der Waals surface area contributed by atoms with Crippen molar-refractivity contribution < 1.29 is 19.1 Å². The van der Waals surface area contributed by atoms with Crippen LogP contribution in [0.25, 0.3) is 11.0 Å². The zero-order valence-electron chi connectivity index (χ0n) is 14.2. The number of aliphatic hydroxyl groups excluding tert-OH is 1. The van der Waals surface area contributed by atoms with Gasteiger partial charge in [0.05, 0.1) is 13.2 Å². The second-order valence-corrected chi connectivity index (χ2v) is 5.81. The minimum Gasteiger partial charge on any atom is -0.493 e. The van der Waals surface area contributed by atoms with Gasteiger partial charge in [0.15, 0.2) is 0 Å². The molecule has 0 bridgehead atoms. The molecule has 0 atom stereocenters. The Morgan fingerprint density at radius 3 is 2.71 bits per heavy atom. The van der Waals surface area contributed by atoms with E-state index in [-0.39, 0.29) is 24.8 Å². The van der Waals surface area contributed by atoms with Gasteiger partial charge in [-0.25, -0.2) is 4.79 Å². The highest BCUT2D eigenvalue weighted by molar-refractivity contribution is 5.97. The molecule has 1 amide bonds. The lowest BCUT2D eigenvalue weighted by Gasteiger charge is -2.25. The molecule has 0 aliphatic heterocycles. The number of rotatable bonds is 7. The van der Waals surface area contributed by atoms with Gasteiger partial charge in [-0.3, -0.25) is 4.79 Å². The molecule has 6 heteroatoms. The van der Waals surface area contributed by atoms with E-state index in [1.54, 1.807) is 18.2 Å². The maximum atomic E-state index is 12.6. The van der Waals surface area contributed by atoms with Crippen LogP contribution in [-0.4, -0.2) is 41.7 Å². The summed E-state index contributed by atoms with van der Waals surface area (Å²) in [7, 11) is 0. The van der Waals surface area contributed by atoms with E-state index in [1.165, 1.54) is 11.0 Å². The van der Waals surface area contributed by atoms with Crippen molar-refractivity contribution in [2.75, 3.05) is 19.8 Å². The van der Waals surface area contributed by atoms with Crippen molar-refractivity contribution in [3.63, 3.8) is 0 Å². The number of carbonyl (C=O) groups excluding carboxylic acids is 1. The number of fused-ring (bicyclic) bond motifs is 1. The smallest absolute Gasteiger partial charge is 0.349 e. The van der Waals surface area contributed by atoms with Crippen molar-refractivity contribution in [2.45, 2.75) is 33.2 Å². The Morgan fingerprint density at radius 1 is 1.33 bits per heavy atom. The predicted octanol–water partition coefficient (Wildman–Crippen LogP) is 2.42. The minimum absolute atomic E-state index is 0.0353. The molecule has 2 aromatic rings. The molecule has 1 aromatic heterocycles. The Morgan fingerprint density at radius 2 is 2.08 bits per heavy atom. The van der Waals surface area contributed by atoms with Gasteiger partial charge in [-0.05, 0) is 38.5 Å². The maximum Gasteiger partial charge on any atom is 0.349 e. The van der Waals surface area contributed by atoms with E-state index in [2.05, 4.69) is 0 Å². The minimum atomic E-state index is -0.691. The lowest BCUT2D eigenvalue weighted by molar-refractivity contribution is 0.0661. The second kappa shape index (κ2) is 7.97. The van der Waals surface area contributed by atoms with Gasteiger partial charge >= 0.3 is 5.63 Å². The van der Waals surface area contributed by atoms with Gasteiger partial charge in [-0.2, -0.15) is 0 Å². The topological polar surface area (TPSA) is 80.0 Å². The van der Waals surface area contributed by atoms with E-state index >= 15 is 0 Å². The monoisotopic (exact) mass is 333 g/mol. The van der Waals surface area contributed by atoms with E-state index in [4.69, 9.17) is 14.3 Å². The zero-order valence-corrected chi connectivity index (χ0v) is 14.2. The van der Waals surface area contributed by atoms with Gasteiger partial charge in [-0.15, -0.1) is 0 Å². The van der Waals surface area contributed by atoms with Gasteiger partial charge in [0.1, 0.15) is 16.9 Å². The Balaban J connectivity index is 2.40. The average molecular weight is 333 g/mol. The lowest BCUT2D eigenvalue weighted by Crippen LogP contribution is -2.40. The fourth-order valence-corrected chi connectivity index (χ4v) is 2.41. The number of hydrogen-bond donors (Lipinski definition) is 1. The molecule has 24 heavy (non-hydrogen) atoms. The fraction of sp³-hybridized carbons (Fsp3) is 0.444. The first-order valence-corrected chi connectivity index (χ1v) is 8.10. The number of benzene rings is 1. The van der Waals surface area contributed by atoms with Gasteiger partial charge in [-0.1, -0.05) is 6.92 Å². The number of carbonyl (C=O) groups is 1. The van der Waals surface area contributed by atoms with Crippen LogP contribution in [0, 0.1) is 0 Å². The molecule has 0 unspecified atom stereocenters. The summed E-state index contributed by atoms with van der Waals surface area (Å²) in [5.41, 5.74) is -0.348. The summed E-state index contributed by atoms with van der Waals surface area (Å²) in [6, 6.07) is 6.57. The van der Waals surface area contributed by atoms with Crippen molar-refractivity contribution in [1.82, 2.24) is 4.90 Å². The molecule has 6 nitrogen and oxygen atoms in total. The molecule has 0 aliphatic carbocycles. The number of nitrogens with zero attached hydrogens (tertiary/aromatic N) is 1. The lowest BCUT2D eigenvalue weighted by atomic mass is 10.1. The molecular formula is C18H23NO5. The van der Waals surface area contributed by atoms with Crippen molar-refractivity contribution in [1.29, 1.82) is 0 Å². The highest BCUT2D eigenvalue weighted by Gasteiger charge is 2.22. The van der Waals surface area contributed by atoms with Crippen LogP contribution in [0.4, 0.5) is 0 Å². The summed E-state index contributed by atoms with van der Waals surface area (Å²) < 4.78 is 10.8. The molecular weight excluding hydrogens is 310 g/mol. The molecule has 1 heterocycles. The first kappa shape index (κ1) is 18.0. The van der Waals surface area contributed by atoms with Crippen LogP contribution in [0.5, 0.6) is 5.75 Å². The van der Waals surface area contributed by atoms with E-state index in [0.29, 0.717) is 23.3 Å². The first-order valence-electron chi connectivity index (χ1n) is 8.10. The van der Waals surface area contributed by atoms with Crippen LogP contribution in [0.3, 0.4) is 0 Å². The van der Waals surface area contributed by atoms with E-state index in [1.807, 2.05) is 20.8 Å². The molecule has 0 spiro atoms. The molecule has 1 N–H and O–H groups in total. The zero-order chi connectivity index (χ0) is 17.7. The highest BCUT2D eigenvalue weighted by atomic mass is 16.5. The fourth-order valence-electron chi connectivity index (χ4n) is 2.41. The maximum absolute atomic E-state index is 12.6. The van der Waals surface area contributed by atoms with Crippen LogP contribution in [0.2, 0.25) is 0 Å². The summed E-state index contributed by atoms with van der Waals surface area (Å²) in [5, 5.41) is 9.76. The third kappa shape index (κ3) is 3.94. The third-order valence-corrected chi connectivity index (χ3v) is 3.64. The van der Waals surface area contributed by atoms with Crippen LogP contribution in [-0.2, 0) is 0 Å². The molecule has 0 saturated heterocycles. The van der Waals surface area contributed by atoms with E-state index in [0.717, 1.165) is 6.42 Å². The van der Waals surface area contributed by atoms with Crippen LogP contribution in [0.1, 0.15) is 37.6 Å².